The van der Waals surface area contributed by atoms with Crippen LogP contribution in [0.25, 0.3) is 0 Å². The Kier molecular flexibility index (Phi) is 8.76. The number of hydrogen-bond acceptors (Lipinski definition) is 5. The van der Waals surface area contributed by atoms with E-state index in [4.69, 9.17) is 16.3 Å². The van der Waals surface area contributed by atoms with Gasteiger partial charge in [-0.15, -0.1) is 0 Å². The van der Waals surface area contributed by atoms with Crippen LogP contribution >= 0.6 is 11.6 Å². The van der Waals surface area contributed by atoms with Crippen LogP contribution in [0.15, 0.2) is 48.5 Å². The smallest absolute Gasteiger partial charge is 0.375 e. The van der Waals surface area contributed by atoms with Gasteiger partial charge in [0.25, 0.3) is 5.91 Å². The Morgan fingerprint density at radius 1 is 1.00 bits per heavy atom. The minimum atomic E-state index is -1.05. The number of halogens is 1. The first-order chi connectivity index (χ1) is 15.4. The molecule has 0 aliphatic heterocycles. The van der Waals surface area contributed by atoms with Crippen molar-refractivity contribution in [2.75, 3.05) is 19.0 Å². The van der Waals surface area contributed by atoms with E-state index < -0.39 is 29.7 Å². The molecule has 176 valence electrons. The number of amides is 2. The summed E-state index contributed by atoms with van der Waals surface area (Å²) >= 11 is 6.09. The van der Waals surface area contributed by atoms with Crippen LogP contribution in [-0.2, 0) is 25.7 Å². The first-order valence-electron chi connectivity index (χ1n) is 10.6. The maximum atomic E-state index is 13.2. The van der Waals surface area contributed by atoms with Gasteiger partial charge in [0.15, 0.2) is 0 Å². The van der Waals surface area contributed by atoms with Crippen LogP contribution in [0.1, 0.15) is 49.5 Å². The molecule has 0 heterocycles. The van der Waals surface area contributed by atoms with E-state index in [0.29, 0.717) is 22.7 Å². The maximum Gasteiger partial charge on any atom is 0.375 e. The Morgan fingerprint density at radius 3 is 2.27 bits per heavy atom. The fourth-order valence-corrected chi connectivity index (χ4v) is 3.10. The second-order valence-corrected chi connectivity index (χ2v) is 8.90. The number of carbonyl (C=O) groups excluding carboxylic acids is 4. The van der Waals surface area contributed by atoms with Crippen molar-refractivity contribution in [1.82, 2.24) is 4.90 Å². The highest BCUT2D eigenvalue weighted by Crippen LogP contribution is 2.23. The van der Waals surface area contributed by atoms with Crippen LogP contribution < -0.4 is 4.90 Å². The molecule has 0 N–H and O–H groups in total. The molecule has 0 spiro atoms. The van der Waals surface area contributed by atoms with Crippen molar-refractivity contribution in [2.45, 2.75) is 45.8 Å². The van der Waals surface area contributed by atoms with E-state index in [9.17, 15) is 19.2 Å². The average molecular weight is 473 g/mol. The summed E-state index contributed by atoms with van der Waals surface area (Å²) in [5.41, 5.74) is 0.721. The first kappa shape index (κ1) is 26.1. The molecule has 7 nitrogen and oxygen atoms in total. The van der Waals surface area contributed by atoms with Crippen molar-refractivity contribution in [2.24, 2.45) is 0 Å². The predicted molar refractivity (Wildman–Crippen MR) is 127 cm³/mol. The fourth-order valence-electron chi connectivity index (χ4n) is 2.89. The highest BCUT2D eigenvalue weighted by Gasteiger charge is 2.29. The van der Waals surface area contributed by atoms with Gasteiger partial charge in [-0.2, -0.15) is 0 Å². The number of ketones is 1. The molecule has 2 aromatic carbocycles. The molecule has 0 saturated heterocycles. The quantitative estimate of drug-likeness (QED) is 0.309. The van der Waals surface area contributed by atoms with Crippen molar-refractivity contribution >= 4 is 40.9 Å². The van der Waals surface area contributed by atoms with Crippen molar-refractivity contribution in [3.8, 4) is 0 Å². The lowest BCUT2D eigenvalue weighted by Gasteiger charge is -2.25. The summed E-state index contributed by atoms with van der Waals surface area (Å²) in [6, 6.07) is 13.5. The van der Waals surface area contributed by atoms with Gasteiger partial charge in [0, 0.05) is 30.4 Å². The average Bonchev–Trinajstić information content (AvgIpc) is 2.76. The topological polar surface area (TPSA) is 84.0 Å². The fraction of sp³-hybridized carbons (Fsp3) is 0.360. The van der Waals surface area contributed by atoms with Crippen LogP contribution in [-0.4, -0.2) is 48.2 Å². The highest BCUT2D eigenvalue weighted by molar-refractivity contribution is 6.37. The molecule has 0 aliphatic carbocycles. The molecular weight excluding hydrogens is 444 g/mol. The Balaban J connectivity index is 2.34. The van der Waals surface area contributed by atoms with Crippen LogP contribution in [0.5, 0.6) is 0 Å². The van der Waals surface area contributed by atoms with Gasteiger partial charge in [0.2, 0.25) is 11.7 Å². The summed E-state index contributed by atoms with van der Waals surface area (Å²) in [7, 11) is 3.26. The van der Waals surface area contributed by atoms with Crippen molar-refractivity contribution in [1.29, 1.82) is 0 Å². The summed E-state index contributed by atoms with van der Waals surface area (Å²) in [6.07, 6.45) is -0.140. The monoisotopic (exact) mass is 472 g/mol. The third kappa shape index (κ3) is 7.43. The van der Waals surface area contributed by atoms with Crippen molar-refractivity contribution in [3.63, 3.8) is 0 Å². The predicted octanol–water partition coefficient (Wildman–Crippen LogP) is 4.27. The second kappa shape index (κ2) is 11.1. The maximum absolute atomic E-state index is 13.2. The summed E-state index contributed by atoms with van der Waals surface area (Å²) < 4.78 is 5.22. The Hall–Kier alpha value is -3.19. The number of Topliss-reactive ketones (excluding diaryl/α,β-unsaturated/α-hetero) is 1. The van der Waals surface area contributed by atoms with Crippen LogP contribution in [0.3, 0.4) is 0 Å². The minimum Gasteiger partial charge on any atom is -0.454 e. The van der Waals surface area contributed by atoms with E-state index in [1.165, 1.54) is 9.80 Å². The van der Waals surface area contributed by atoms with E-state index in [0.717, 1.165) is 5.56 Å². The minimum absolute atomic E-state index is 0.0990. The Bertz CT molecular complexity index is 1050. The summed E-state index contributed by atoms with van der Waals surface area (Å²) in [5, 5.41) is 0.498. The molecule has 0 aromatic heterocycles. The zero-order valence-corrected chi connectivity index (χ0v) is 20.3. The molecule has 0 saturated carbocycles. The molecule has 0 fully saturated rings. The number of anilines is 1. The van der Waals surface area contributed by atoms with Crippen LogP contribution in [0.2, 0.25) is 5.02 Å². The molecule has 0 unspecified atom stereocenters. The summed E-state index contributed by atoms with van der Waals surface area (Å²) in [4.78, 5) is 53.0. The second-order valence-electron chi connectivity index (χ2n) is 8.46. The molecule has 33 heavy (non-hydrogen) atoms. The van der Waals surface area contributed by atoms with E-state index in [2.05, 4.69) is 0 Å². The number of rotatable bonds is 9. The van der Waals surface area contributed by atoms with Gasteiger partial charge < -0.3 is 14.5 Å². The zero-order valence-electron chi connectivity index (χ0n) is 19.6. The molecule has 0 bridgehead atoms. The molecule has 0 atom stereocenters. The number of benzene rings is 2. The van der Waals surface area contributed by atoms with Gasteiger partial charge in [0.05, 0.1) is 13.0 Å². The number of nitrogens with zero attached hydrogens (tertiary/aromatic N) is 2. The molecule has 0 radical (unpaired) electrons. The number of hydrogen-bond donors (Lipinski definition) is 0. The molecular formula is C25H29ClN2O5. The highest BCUT2D eigenvalue weighted by atomic mass is 35.5. The first-order valence-corrected chi connectivity index (χ1v) is 10.9. The number of carbonyl (C=O) groups is 4. The number of esters is 1. The van der Waals surface area contributed by atoms with E-state index in [1.807, 2.05) is 6.92 Å². The zero-order chi connectivity index (χ0) is 24.8. The molecule has 8 heteroatoms. The van der Waals surface area contributed by atoms with Crippen molar-refractivity contribution < 1.29 is 23.9 Å². The van der Waals surface area contributed by atoms with Gasteiger partial charge in [-0.3, -0.25) is 14.4 Å². The molecule has 2 aromatic rings. The summed E-state index contributed by atoms with van der Waals surface area (Å²) in [6.45, 7) is 5.32. The van der Waals surface area contributed by atoms with Crippen LogP contribution in [0.4, 0.5) is 5.69 Å². The van der Waals surface area contributed by atoms with Crippen LogP contribution in [0, 0.1) is 0 Å². The largest absolute Gasteiger partial charge is 0.454 e. The SMILES string of the molecule is CCC(C)(C)OC(=O)C(=O)CC(=O)N(Cc1cccc(Cl)c1)c1cccc(C(=O)N(C)C)c1. The lowest BCUT2D eigenvalue weighted by atomic mass is 10.1. The molecule has 2 rings (SSSR count). The lowest BCUT2D eigenvalue weighted by Crippen LogP contribution is -2.36. The molecule has 0 aliphatic rings. The summed E-state index contributed by atoms with van der Waals surface area (Å²) in [5.74, 6) is -2.80. The van der Waals surface area contributed by atoms with E-state index >= 15 is 0 Å². The van der Waals surface area contributed by atoms with Gasteiger partial charge in [-0.05, 0) is 56.2 Å². The number of ether oxygens (including phenoxy) is 1. The Morgan fingerprint density at radius 2 is 1.67 bits per heavy atom. The van der Waals surface area contributed by atoms with E-state index in [1.54, 1.807) is 76.5 Å². The third-order valence-electron chi connectivity index (χ3n) is 5.10. The molecule has 2 amide bonds. The van der Waals surface area contributed by atoms with Crippen molar-refractivity contribution in [3.05, 3.63) is 64.7 Å². The van der Waals surface area contributed by atoms with Gasteiger partial charge in [0.1, 0.15) is 5.60 Å². The van der Waals surface area contributed by atoms with Gasteiger partial charge >= 0.3 is 5.97 Å². The Labute approximate surface area is 199 Å². The standard InChI is InChI=1S/C25H29ClN2O5/c1-6-25(2,3)33-24(32)21(29)15-22(30)28(16-17-9-7-11-19(26)13-17)20-12-8-10-18(14-20)23(31)27(4)5/h7-14H,6,15-16H2,1-5H3. The van der Waals surface area contributed by atoms with Gasteiger partial charge in [-0.25, -0.2) is 4.79 Å². The lowest BCUT2D eigenvalue weighted by molar-refractivity contribution is -0.164. The van der Waals surface area contributed by atoms with Gasteiger partial charge in [-0.1, -0.05) is 36.7 Å². The normalized spacial score (nSPS) is 11.0. The third-order valence-corrected chi connectivity index (χ3v) is 5.34. The van der Waals surface area contributed by atoms with E-state index in [-0.39, 0.29) is 12.5 Å².